The van der Waals surface area contributed by atoms with E-state index in [1.54, 1.807) is 18.2 Å². The summed E-state index contributed by atoms with van der Waals surface area (Å²) in [6, 6.07) is 6.13. The summed E-state index contributed by atoms with van der Waals surface area (Å²) < 4.78 is 0.974. The second-order valence-corrected chi connectivity index (χ2v) is 4.45. The van der Waals surface area contributed by atoms with Crippen LogP contribution in [0.4, 0.5) is 5.69 Å². The average Bonchev–Trinajstić information content (AvgIpc) is 2.16. The summed E-state index contributed by atoms with van der Waals surface area (Å²) in [6.45, 7) is 0. The number of nitrogens with one attached hydrogen (secondary N) is 1. The van der Waals surface area contributed by atoms with Crippen molar-refractivity contribution in [1.29, 1.82) is 0 Å². The van der Waals surface area contributed by atoms with Crippen LogP contribution in [0.1, 0.15) is 6.42 Å². The van der Waals surface area contributed by atoms with Gasteiger partial charge in [0.1, 0.15) is 0 Å². The molecule has 0 aliphatic carbocycles. The molecule has 1 aromatic carbocycles. The molecule has 5 nitrogen and oxygen atoms in total. The minimum Gasteiger partial charge on any atom is -0.481 e. The lowest BCUT2D eigenvalue weighted by Crippen LogP contribution is -2.37. The predicted octanol–water partition coefficient (Wildman–Crippen LogP) is 1.03. The molecule has 0 aliphatic heterocycles. The van der Waals surface area contributed by atoms with Crippen LogP contribution in [0.15, 0.2) is 24.3 Å². The van der Waals surface area contributed by atoms with Crippen molar-refractivity contribution in [3.8, 4) is 0 Å². The maximum Gasteiger partial charge on any atom is 0.305 e. The van der Waals surface area contributed by atoms with Crippen molar-refractivity contribution >= 4 is 40.2 Å². The van der Waals surface area contributed by atoms with Crippen LogP contribution >= 0.6 is 22.6 Å². The number of hydrogen-bond acceptors (Lipinski definition) is 3. The maximum atomic E-state index is 11.5. The Balaban J connectivity index is 2.60. The number of amides is 1. The SMILES string of the molecule is NC(CC(=O)O)C(=O)Nc1cccc(I)c1. The summed E-state index contributed by atoms with van der Waals surface area (Å²) >= 11 is 2.11. The molecule has 0 bridgehead atoms. The minimum atomic E-state index is -1.09. The van der Waals surface area contributed by atoms with Gasteiger partial charge in [0, 0.05) is 9.26 Å². The van der Waals surface area contributed by atoms with E-state index in [9.17, 15) is 9.59 Å². The highest BCUT2D eigenvalue weighted by molar-refractivity contribution is 14.1. The number of halogens is 1. The number of rotatable bonds is 4. The summed E-state index contributed by atoms with van der Waals surface area (Å²) in [5.41, 5.74) is 6.02. The molecular weight excluding hydrogens is 323 g/mol. The van der Waals surface area contributed by atoms with E-state index in [1.807, 2.05) is 6.07 Å². The molecule has 4 N–H and O–H groups in total. The van der Waals surface area contributed by atoms with E-state index >= 15 is 0 Å². The molecule has 0 saturated carbocycles. The normalized spacial score (nSPS) is 11.9. The molecule has 86 valence electrons. The topological polar surface area (TPSA) is 92.4 Å². The summed E-state index contributed by atoms with van der Waals surface area (Å²) in [4.78, 5) is 21.8. The van der Waals surface area contributed by atoms with E-state index in [0.717, 1.165) is 3.57 Å². The highest BCUT2D eigenvalue weighted by atomic mass is 127. The summed E-state index contributed by atoms with van der Waals surface area (Å²) in [6.07, 6.45) is -0.379. The monoisotopic (exact) mass is 334 g/mol. The van der Waals surface area contributed by atoms with Gasteiger partial charge in [-0.05, 0) is 40.8 Å². The number of anilines is 1. The fourth-order valence-electron chi connectivity index (χ4n) is 1.08. The fourth-order valence-corrected chi connectivity index (χ4v) is 1.63. The van der Waals surface area contributed by atoms with Gasteiger partial charge in [0.25, 0.3) is 0 Å². The van der Waals surface area contributed by atoms with Gasteiger partial charge in [-0.1, -0.05) is 6.07 Å². The van der Waals surface area contributed by atoms with Gasteiger partial charge < -0.3 is 16.2 Å². The molecule has 1 amide bonds. The van der Waals surface area contributed by atoms with Crippen molar-refractivity contribution in [3.05, 3.63) is 27.8 Å². The number of carbonyl (C=O) groups excluding carboxylic acids is 1. The van der Waals surface area contributed by atoms with Crippen molar-refractivity contribution in [3.63, 3.8) is 0 Å². The largest absolute Gasteiger partial charge is 0.481 e. The van der Waals surface area contributed by atoms with Gasteiger partial charge in [-0.3, -0.25) is 9.59 Å². The van der Waals surface area contributed by atoms with Crippen LogP contribution in [0, 0.1) is 3.57 Å². The van der Waals surface area contributed by atoms with E-state index in [4.69, 9.17) is 10.8 Å². The molecular formula is C10H11IN2O3. The number of benzene rings is 1. The summed E-state index contributed by atoms with van der Waals surface area (Å²) in [5, 5.41) is 11.0. The lowest BCUT2D eigenvalue weighted by molar-refractivity contribution is -0.138. The second-order valence-electron chi connectivity index (χ2n) is 3.20. The zero-order chi connectivity index (χ0) is 12.1. The zero-order valence-electron chi connectivity index (χ0n) is 8.31. The number of carbonyl (C=O) groups is 2. The Morgan fingerprint density at radius 3 is 2.75 bits per heavy atom. The number of carboxylic acids is 1. The number of nitrogens with two attached hydrogens (primary N) is 1. The van der Waals surface area contributed by atoms with Crippen LogP contribution in [0.2, 0.25) is 0 Å². The summed E-state index contributed by atoms with van der Waals surface area (Å²) in [7, 11) is 0. The molecule has 1 unspecified atom stereocenters. The van der Waals surface area contributed by atoms with Gasteiger partial charge in [-0.25, -0.2) is 0 Å². The Morgan fingerprint density at radius 1 is 1.50 bits per heavy atom. The molecule has 1 atom stereocenters. The molecule has 0 aromatic heterocycles. The Hall–Kier alpha value is -1.15. The fraction of sp³-hybridized carbons (Fsp3) is 0.200. The van der Waals surface area contributed by atoms with Crippen LogP contribution < -0.4 is 11.1 Å². The van der Waals surface area contributed by atoms with Crippen molar-refractivity contribution < 1.29 is 14.7 Å². The van der Waals surface area contributed by atoms with E-state index in [0.29, 0.717) is 5.69 Å². The first-order valence-corrected chi connectivity index (χ1v) is 5.60. The van der Waals surface area contributed by atoms with Gasteiger partial charge >= 0.3 is 5.97 Å². The molecule has 1 aromatic rings. The standard InChI is InChI=1S/C10H11IN2O3/c11-6-2-1-3-7(4-6)13-10(16)8(12)5-9(14)15/h1-4,8H,5,12H2,(H,13,16)(H,14,15). The van der Waals surface area contributed by atoms with E-state index in [2.05, 4.69) is 27.9 Å². The minimum absolute atomic E-state index is 0.379. The third-order valence-corrected chi connectivity index (χ3v) is 2.49. The van der Waals surface area contributed by atoms with E-state index < -0.39 is 17.9 Å². The van der Waals surface area contributed by atoms with Crippen LogP contribution in [-0.2, 0) is 9.59 Å². The number of hydrogen-bond donors (Lipinski definition) is 3. The molecule has 0 heterocycles. The van der Waals surface area contributed by atoms with Gasteiger partial charge in [0.2, 0.25) is 5.91 Å². The number of aliphatic carboxylic acids is 1. The van der Waals surface area contributed by atoms with Gasteiger partial charge in [0.05, 0.1) is 12.5 Å². The molecule has 6 heteroatoms. The van der Waals surface area contributed by atoms with Crippen LogP contribution in [0.25, 0.3) is 0 Å². The second kappa shape index (κ2) is 5.80. The highest BCUT2D eigenvalue weighted by Gasteiger charge is 2.16. The molecule has 0 saturated heterocycles. The quantitative estimate of drug-likeness (QED) is 0.717. The smallest absolute Gasteiger partial charge is 0.305 e. The number of carboxylic acid groups (broad SMARTS) is 1. The maximum absolute atomic E-state index is 11.5. The third kappa shape index (κ3) is 4.15. The third-order valence-electron chi connectivity index (χ3n) is 1.82. The molecule has 0 spiro atoms. The van der Waals surface area contributed by atoms with E-state index in [-0.39, 0.29) is 6.42 Å². The first-order valence-electron chi connectivity index (χ1n) is 4.53. The molecule has 16 heavy (non-hydrogen) atoms. The highest BCUT2D eigenvalue weighted by Crippen LogP contribution is 2.12. The molecule has 1 rings (SSSR count). The molecule has 0 fully saturated rings. The Labute approximate surface area is 106 Å². The lowest BCUT2D eigenvalue weighted by atomic mass is 10.2. The van der Waals surface area contributed by atoms with Crippen molar-refractivity contribution in [1.82, 2.24) is 0 Å². The van der Waals surface area contributed by atoms with Gasteiger partial charge in [0.15, 0.2) is 0 Å². The van der Waals surface area contributed by atoms with Crippen molar-refractivity contribution in [2.24, 2.45) is 5.73 Å². The lowest BCUT2D eigenvalue weighted by Gasteiger charge is -2.10. The molecule has 0 aliphatic rings. The van der Waals surface area contributed by atoms with Crippen LogP contribution in [0.3, 0.4) is 0 Å². The van der Waals surface area contributed by atoms with Crippen LogP contribution in [0.5, 0.6) is 0 Å². The zero-order valence-corrected chi connectivity index (χ0v) is 10.5. The summed E-state index contributed by atoms with van der Waals surface area (Å²) in [5.74, 6) is -1.59. The first-order chi connectivity index (χ1) is 7.49. The van der Waals surface area contributed by atoms with Gasteiger partial charge in [-0.15, -0.1) is 0 Å². The average molecular weight is 334 g/mol. The Morgan fingerprint density at radius 2 is 2.19 bits per heavy atom. The van der Waals surface area contributed by atoms with Crippen LogP contribution in [-0.4, -0.2) is 23.0 Å². The van der Waals surface area contributed by atoms with Crippen molar-refractivity contribution in [2.75, 3.05) is 5.32 Å². The van der Waals surface area contributed by atoms with E-state index in [1.165, 1.54) is 0 Å². The predicted molar refractivity (Wildman–Crippen MR) is 68.0 cm³/mol. The Kier molecular flexibility index (Phi) is 4.69. The molecule has 0 radical (unpaired) electrons. The first kappa shape index (κ1) is 12.9. The Bertz CT molecular complexity index is 409. The van der Waals surface area contributed by atoms with Gasteiger partial charge in [-0.2, -0.15) is 0 Å². The van der Waals surface area contributed by atoms with Crippen molar-refractivity contribution in [2.45, 2.75) is 12.5 Å².